The molecule has 1 heterocycles. The lowest BCUT2D eigenvalue weighted by Crippen LogP contribution is -2.02. The highest BCUT2D eigenvalue weighted by atomic mass is 35.5. The molecule has 1 aromatic heterocycles. The summed E-state index contributed by atoms with van der Waals surface area (Å²) in [6.45, 7) is 0. The van der Waals surface area contributed by atoms with Crippen molar-refractivity contribution in [3.05, 3.63) is 45.8 Å². The third kappa shape index (κ3) is 2.39. The molecule has 1 atom stereocenters. The summed E-state index contributed by atoms with van der Waals surface area (Å²) in [7, 11) is 0. The van der Waals surface area contributed by atoms with Crippen LogP contribution in [0, 0.1) is 0 Å². The molecule has 3 rings (SSSR count). The Balaban J connectivity index is 1.94. The van der Waals surface area contributed by atoms with Crippen molar-refractivity contribution >= 4 is 34.7 Å². The lowest BCUT2D eigenvalue weighted by molar-refractivity contribution is 0.175. The maximum absolute atomic E-state index is 9.80. The first-order chi connectivity index (χ1) is 9.15. The normalized spacial score (nSPS) is 17.3. The van der Waals surface area contributed by atoms with Crippen LogP contribution in [0.25, 0.3) is 0 Å². The number of halogens is 2. The number of hydrogen-bond donors (Lipinski definition) is 2. The second-order valence-corrected chi connectivity index (χ2v) is 5.21. The summed E-state index contributed by atoms with van der Waals surface area (Å²) in [5.74, 6) is 0.708. The van der Waals surface area contributed by atoms with E-state index >= 15 is 0 Å². The quantitative estimate of drug-likeness (QED) is 0.890. The number of hydrogen-bond acceptors (Lipinski definition) is 4. The zero-order valence-corrected chi connectivity index (χ0v) is 11.4. The molecule has 0 aliphatic heterocycles. The summed E-state index contributed by atoms with van der Waals surface area (Å²) in [5.41, 5.74) is 2.47. The monoisotopic (exact) mass is 295 g/mol. The van der Waals surface area contributed by atoms with Crippen molar-refractivity contribution in [1.29, 1.82) is 0 Å². The van der Waals surface area contributed by atoms with Gasteiger partial charge in [-0.05, 0) is 31.0 Å². The molecule has 1 aromatic carbocycles. The average molecular weight is 296 g/mol. The van der Waals surface area contributed by atoms with Gasteiger partial charge in [-0.2, -0.15) is 0 Å². The molecule has 1 aliphatic rings. The Labute approximate surface area is 120 Å². The van der Waals surface area contributed by atoms with Crippen molar-refractivity contribution in [1.82, 2.24) is 9.97 Å². The Morgan fingerprint density at radius 1 is 1.21 bits per heavy atom. The summed E-state index contributed by atoms with van der Waals surface area (Å²) in [5, 5.41) is 14.0. The molecular formula is C13H11Cl2N3O. The minimum absolute atomic E-state index is 0.484. The topological polar surface area (TPSA) is 58.0 Å². The third-order valence-corrected chi connectivity index (χ3v) is 3.88. The summed E-state index contributed by atoms with van der Waals surface area (Å²) in [4.78, 5) is 8.35. The number of anilines is 2. The van der Waals surface area contributed by atoms with Gasteiger partial charge in [0.25, 0.3) is 0 Å². The molecule has 2 aromatic rings. The second-order valence-electron chi connectivity index (χ2n) is 4.39. The number of nitrogens with one attached hydrogen (secondary N) is 1. The predicted molar refractivity (Wildman–Crippen MR) is 75.1 cm³/mol. The molecule has 1 aliphatic carbocycles. The molecule has 0 amide bonds. The fourth-order valence-corrected chi connectivity index (χ4v) is 2.49. The summed E-state index contributed by atoms with van der Waals surface area (Å²) < 4.78 is 0. The van der Waals surface area contributed by atoms with Gasteiger partial charge in [0.2, 0.25) is 0 Å². The first kappa shape index (κ1) is 12.7. The largest absolute Gasteiger partial charge is 0.387 e. The maximum Gasteiger partial charge on any atom is 0.137 e. The Morgan fingerprint density at radius 2 is 2.05 bits per heavy atom. The van der Waals surface area contributed by atoms with Crippen LogP contribution in [0.1, 0.15) is 23.8 Å². The molecule has 98 valence electrons. The molecule has 0 fully saturated rings. The molecule has 2 N–H and O–H groups in total. The van der Waals surface area contributed by atoms with Gasteiger partial charge >= 0.3 is 0 Å². The van der Waals surface area contributed by atoms with Gasteiger partial charge in [0.05, 0.1) is 21.8 Å². The van der Waals surface area contributed by atoms with Crippen molar-refractivity contribution in [2.45, 2.75) is 18.9 Å². The van der Waals surface area contributed by atoms with Crippen LogP contribution in [-0.2, 0) is 6.42 Å². The van der Waals surface area contributed by atoms with Crippen molar-refractivity contribution in [3.63, 3.8) is 0 Å². The summed E-state index contributed by atoms with van der Waals surface area (Å²) in [6, 6.07) is 5.29. The van der Waals surface area contributed by atoms with E-state index < -0.39 is 6.10 Å². The van der Waals surface area contributed by atoms with Gasteiger partial charge in [-0.25, -0.2) is 9.97 Å². The molecule has 0 saturated heterocycles. The van der Waals surface area contributed by atoms with Crippen LogP contribution in [0.2, 0.25) is 10.0 Å². The standard InChI is InChI=1S/C13H11Cl2N3O/c14-9-3-1-7(5-10(9)15)18-13-8-2-4-11(19)12(8)16-6-17-13/h1,3,5-6,11,19H,2,4H2,(H,16,17,18). The Hall–Kier alpha value is -1.36. The molecule has 19 heavy (non-hydrogen) atoms. The van der Waals surface area contributed by atoms with E-state index in [1.54, 1.807) is 12.1 Å². The van der Waals surface area contributed by atoms with Crippen LogP contribution in [0.3, 0.4) is 0 Å². The van der Waals surface area contributed by atoms with E-state index in [-0.39, 0.29) is 0 Å². The van der Waals surface area contributed by atoms with Crippen molar-refractivity contribution in [2.24, 2.45) is 0 Å². The second kappa shape index (κ2) is 4.96. The zero-order valence-electron chi connectivity index (χ0n) is 9.90. The lowest BCUT2D eigenvalue weighted by Gasteiger charge is -2.10. The number of aliphatic hydroxyl groups is 1. The van der Waals surface area contributed by atoms with Crippen LogP contribution in [0.5, 0.6) is 0 Å². The number of rotatable bonds is 2. The van der Waals surface area contributed by atoms with E-state index in [9.17, 15) is 5.11 Å². The lowest BCUT2D eigenvalue weighted by atomic mass is 10.2. The van der Waals surface area contributed by atoms with Crippen molar-refractivity contribution in [2.75, 3.05) is 5.32 Å². The van der Waals surface area contributed by atoms with E-state index in [0.717, 1.165) is 17.7 Å². The number of aliphatic hydroxyl groups excluding tert-OH is 1. The minimum Gasteiger partial charge on any atom is -0.387 e. The van der Waals surface area contributed by atoms with Gasteiger partial charge in [-0.3, -0.25) is 0 Å². The summed E-state index contributed by atoms with van der Waals surface area (Å²) >= 11 is 11.9. The molecule has 6 heteroatoms. The van der Waals surface area contributed by atoms with Gasteiger partial charge in [0, 0.05) is 11.3 Å². The third-order valence-electron chi connectivity index (χ3n) is 3.14. The van der Waals surface area contributed by atoms with E-state index in [1.165, 1.54) is 6.33 Å². The molecule has 4 nitrogen and oxygen atoms in total. The number of fused-ring (bicyclic) bond motifs is 1. The number of nitrogens with zero attached hydrogens (tertiary/aromatic N) is 2. The van der Waals surface area contributed by atoms with Crippen LogP contribution >= 0.6 is 23.2 Å². The summed E-state index contributed by atoms with van der Waals surface area (Å²) in [6.07, 6.45) is 2.41. The van der Waals surface area contributed by atoms with Crippen molar-refractivity contribution < 1.29 is 5.11 Å². The predicted octanol–water partition coefficient (Wildman–Crippen LogP) is 3.51. The van der Waals surface area contributed by atoms with Gasteiger partial charge in [-0.15, -0.1) is 0 Å². The Morgan fingerprint density at radius 3 is 2.84 bits per heavy atom. The zero-order chi connectivity index (χ0) is 13.4. The molecule has 0 radical (unpaired) electrons. The average Bonchev–Trinajstić information content (AvgIpc) is 2.77. The highest BCUT2D eigenvalue weighted by Gasteiger charge is 2.25. The Kier molecular flexibility index (Phi) is 3.31. The van der Waals surface area contributed by atoms with E-state index in [4.69, 9.17) is 23.2 Å². The highest BCUT2D eigenvalue weighted by molar-refractivity contribution is 6.42. The van der Waals surface area contributed by atoms with Gasteiger partial charge in [0.1, 0.15) is 12.1 Å². The van der Waals surface area contributed by atoms with Crippen LogP contribution in [-0.4, -0.2) is 15.1 Å². The van der Waals surface area contributed by atoms with E-state index in [0.29, 0.717) is 28.0 Å². The molecule has 1 unspecified atom stereocenters. The number of benzene rings is 1. The van der Waals surface area contributed by atoms with Crippen molar-refractivity contribution in [3.8, 4) is 0 Å². The van der Waals surface area contributed by atoms with Gasteiger partial charge < -0.3 is 10.4 Å². The smallest absolute Gasteiger partial charge is 0.137 e. The SMILES string of the molecule is OC1CCc2c(Nc3ccc(Cl)c(Cl)c3)ncnc21. The van der Waals surface area contributed by atoms with Crippen LogP contribution in [0.4, 0.5) is 11.5 Å². The van der Waals surface area contributed by atoms with Crippen LogP contribution in [0.15, 0.2) is 24.5 Å². The van der Waals surface area contributed by atoms with Gasteiger partial charge in [0.15, 0.2) is 0 Å². The highest BCUT2D eigenvalue weighted by Crippen LogP contribution is 2.34. The fourth-order valence-electron chi connectivity index (χ4n) is 2.20. The molecule has 0 spiro atoms. The first-order valence-electron chi connectivity index (χ1n) is 5.89. The first-order valence-corrected chi connectivity index (χ1v) is 6.64. The number of aromatic nitrogens is 2. The van der Waals surface area contributed by atoms with E-state index in [1.807, 2.05) is 6.07 Å². The Bertz CT molecular complexity index is 633. The molecular weight excluding hydrogens is 285 g/mol. The minimum atomic E-state index is -0.493. The van der Waals surface area contributed by atoms with Gasteiger partial charge in [-0.1, -0.05) is 23.2 Å². The fraction of sp³-hybridized carbons (Fsp3) is 0.231. The van der Waals surface area contributed by atoms with E-state index in [2.05, 4.69) is 15.3 Å². The maximum atomic E-state index is 9.80. The molecule has 0 bridgehead atoms. The molecule has 0 saturated carbocycles. The van der Waals surface area contributed by atoms with Crippen LogP contribution < -0.4 is 5.32 Å².